The largest absolute Gasteiger partial charge is 0.343 e. The molecule has 0 bridgehead atoms. The Hall–Kier alpha value is -2.05. The molecule has 3 amide bonds. The molecule has 7 heteroatoms. The molecule has 1 aromatic heterocycles. The summed E-state index contributed by atoms with van der Waals surface area (Å²) in [5, 5.41) is 3.01. The zero-order chi connectivity index (χ0) is 17.6. The van der Waals surface area contributed by atoms with Gasteiger partial charge in [0, 0.05) is 65.0 Å². The fourth-order valence-corrected chi connectivity index (χ4v) is 3.79. The number of carbonyl (C=O) groups excluding carboxylic acids is 2. The number of carbonyl (C=O) groups is 2. The van der Waals surface area contributed by atoms with E-state index < -0.39 is 0 Å². The molecule has 1 aromatic rings. The Morgan fingerprint density at radius 3 is 2.96 bits per heavy atom. The molecule has 0 aromatic carbocycles. The van der Waals surface area contributed by atoms with E-state index in [0.717, 1.165) is 64.1 Å². The highest BCUT2D eigenvalue weighted by atomic mass is 16.2. The fourth-order valence-electron chi connectivity index (χ4n) is 3.79. The van der Waals surface area contributed by atoms with Crippen molar-refractivity contribution in [3.05, 3.63) is 18.2 Å². The van der Waals surface area contributed by atoms with Gasteiger partial charge in [-0.1, -0.05) is 0 Å². The zero-order valence-corrected chi connectivity index (χ0v) is 15.1. The number of amides is 3. The highest BCUT2D eigenvalue weighted by Gasteiger charge is 2.25. The normalized spacial score (nSPS) is 21.0. The van der Waals surface area contributed by atoms with Crippen molar-refractivity contribution in [1.82, 2.24) is 24.7 Å². The second kappa shape index (κ2) is 8.36. The van der Waals surface area contributed by atoms with Gasteiger partial charge in [-0.3, -0.25) is 4.79 Å². The number of imidazole rings is 1. The molecule has 2 aliphatic rings. The molecule has 1 N–H and O–H groups in total. The standard InChI is InChI=1S/C18H29N5O2/c1-21-12-8-19-16(21)13-15-5-2-10-23(14-15)18(25)20-7-4-11-22-9-3-6-17(22)24/h8,12,15H,2-7,9-11,13-14H2,1H3,(H,20,25). The van der Waals surface area contributed by atoms with Crippen LogP contribution in [0.15, 0.2) is 12.4 Å². The molecule has 0 saturated carbocycles. The van der Waals surface area contributed by atoms with Crippen LogP contribution in [0.25, 0.3) is 0 Å². The number of likely N-dealkylation sites (tertiary alicyclic amines) is 2. The van der Waals surface area contributed by atoms with Crippen molar-refractivity contribution in [3.8, 4) is 0 Å². The molecule has 3 rings (SSSR count). The molecule has 2 aliphatic heterocycles. The number of hydrogen-bond donors (Lipinski definition) is 1. The van der Waals surface area contributed by atoms with Crippen molar-refractivity contribution < 1.29 is 9.59 Å². The van der Waals surface area contributed by atoms with Gasteiger partial charge >= 0.3 is 6.03 Å². The lowest BCUT2D eigenvalue weighted by Crippen LogP contribution is -2.46. The van der Waals surface area contributed by atoms with Crippen molar-refractivity contribution in [3.63, 3.8) is 0 Å². The van der Waals surface area contributed by atoms with Gasteiger partial charge < -0.3 is 19.7 Å². The molecule has 3 heterocycles. The number of hydrogen-bond acceptors (Lipinski definition) is 3. The van der Waals surface area contributed by atoms with Crippen LogP contribution < -0.4 is 5.32 Å². The molecule has 1 unspecified atom stereocenters. The molecule has 25 heavy (non-hydrogen) atoms. The van der Waals surface area contributed by atoms with Gasteiger partial charge in [-0.15, -0.1) is 0 Å². The molecule has 1 atom stereocenters. The number of nitrogens with zero attached hydrogens (tertiary/aromatic N) is 4. The van der Waals surface area contributed by atoms with Crippen LogP contribution in [0.1, 0.15) is 37.9 Å². The van der Waals surface area contributed by atoms with Gasteiger partial charge in [0.15, 0.2) is 0 Å². The third-order valence-corrected chi connectivity index (χ3v) is 5.25. The highest BCUT2D eigenvalue weighted by molar-refractivity contribution is 5.78. The van der Waals surface area contributed by atoms with Crippen molar-refractivity contribution in [1.29, 1.82) is 0 Å². The first kappa shape index (κ1) is 17.8. The van der Waals surface area contributed by atoms with Gasteiger partial charge in [0.25, 0.3) is 0 Å². The summed E-state index contributed by atoms with van der Waals surface area (Å²) in [5.74, 6) is 1.81. The molecule has 138 valence electrons. The van der Waals surface area contributed by atoms with E-state index >= 15 is 0 Å². The SMILES string of the molecule is Cn1ccnc1CC1CCCN(C(=O)NCCCN2CCCC2=O)C1. The summed E-state index contributed by atoms with van der Waals surface area (Å²) in [6.45, 7) is 3.87. The van der Waals surface area contributed by atoms with Crippen LogP contribution in [0.3, 0.4) is 0 Å². The quantitative estimate of drug-likeness (QED) is 0.791. The summed E-state index contributed by atoms with van der Waals surface area (Å²) >= 11 is 0. The monoisotopic (exact) mass is 347 g/mol. The van der Waals surface area contributed by atoms with E-state index in [1.807, 2.05) is 29.2 Å². The average molecular weight is 347 g/mol. The lowest BCUT2D eigenvalue weighted by atomic mass is 9.94. The van der Waals surface area contributed by atoms with Crippen LogP contribution in [0.4, 0.5) is 4.79 Å². The van der Waals surface area contributed by atoms with Gasteiger partial charge in [-0.2, -0.15) is 0 Å². The van der Waals surface area contributed by atoms with E-state index in [0.29, 0.717) is 18.9 Å². The van der Waals surface area contributed by atoms with Gasteiger partial charge in [0.1, 0.15) is 5.82 Å². The maximum absolute atomic E-state index is 12.4. The maximum Gasteiger partial charge on any atom is 0.317 e. The third-order valence-electron chi connectivity index (χ3n) is 5.25. The summed E-state index contributed by atoms with van der Waals surface area (Å²) in [6.07, 6.45) is 9.38. The number of aromatic nitrogens is 2. The van der Waals surface area contributed by atoms with Gasteiger partial charge in [0.2, 0.25) is 5.91 Å². The first-order valence-electron chi connectivity index (χ1n) is 9.40. The smallest absolute Gasteiger partial charge is 0.317 e. The molecule has 0 radical (unpaired) electrons. The summed E-state index contributed by atoms with van der Waals surface area (Å²) in [7, 11) is 2.01. The molecular formula is C18H29N5O2. The topological polar surface area (TPSA) is 70.5 Å². The van der Waals surface area contributed by atoms with Gasteiger partial charge in [0.05, 0.1) is 0 Å². The van der Waals surface area contributed by atoms with Crippen LogP contribution in [0, 0.1) is 5.92 Å². The number of piperidine rings is 1. The first-order chi connectivity index (χ1) is 12.1. The molecule has 2 saturated heterocycles. The Bertz CT molecular complexity index is 600. The van der Waals surface area contributed by atoms with Crippen molar-refractivity contribution in [2.45, 2.75) is 38.5 Å². The first-order valence-corrected chi connectivity index (χ1v) is 9.40. The summed E-state index contributed by atoms with van der Waals surface area (Å²) < 4.78 is 2.05. The van der Waals surface area contributed by atoms with Crippen LogP contribution in [-0.4, -0.2) is 64.0 Å². The van der Waals surface area contributed by atoms with Gasteiger partial charge in [-0.25, -0.2) is 9.78 Å². The predicted octanol–water partition coefficient (Wildman–Crippen LogP) is 1.40. The number of rotatable bonds is 6. The third kappa shape index (κ3) is 4.74. The van der Waals surface area contributed by atoms with Crippen LogP contribution >= 0.6 is 0 Å². The van der Waals surface area contributed by atoms with Crippen molar-refractivity contribution in [2.24, 2.45) is 13.0 Å². The van der Waals surface area contributed by atoms with Crippen molar-refractivity contribution >= 4 is 11.9 Å². The van der Waals surface area contributed by atoms with E-state index in [1.54, 1.807) is 0 Å². The lowest BCUT2D eigenvalue weighted by molar-refractivity contribution is -0.127. The number of urea groups is 1. The molecule has 7 nitrogen and oxygen atoms in total. The van der Waals surface area contributed by atoms with Crippen LogP contribution in [0.2, 0.25) is 0 Å². The van der Waals surface area contributed by atoms with E-state index in [9.17, 15) is 9.59 Å². The number of aryl methyl sites for hydroxylation is 1. The second-order valence-electron chi connectivity index (χ2n) is 7.18. The summed E-state index contributed by atoms with van der Waals surface area (Å²) in [6, 6.07) is 0.0253. The Morgan fingerprint density at radius 1 is 1.36 bits per heavy atom. The molecular weight excluding hydrogens is 318 g/mol. The minimum absolute atomic E-state index is 0.0253. The molecule has 0 aliphatic carbocycles. The minimum atomic E-state index is 0.0253. The fraction of sp³-hybridized carbons (Fsp3) is 0.722. The Balaban J connectivity index is 1.38. The van der Waals surface area contributed by atoms with Gasteiger partial charge in [-0.05, 0) is 31.6 Å². The summed E-state index contributed by atoms with van der Waals surface area (Å²) in [5.41, 5.74) is 0. The summed E-state index contributed by atoms with van der Waals surface area (Å²) in [4.78, 5) is 32.2. The number of nitrogens with one attached hydrogen (secondary N) is 1. The predicted molar refractivity (Wildman–Crippen MR) is 95.0 cm³/mol. The Morgan fingerprint density at radius 2 is 2.24 bits per heavy atom. The zero-order valence-electron chi connectivity index (χ0n) is 15.1. The lowest BCUT2D eigenvalue weighted by Gasteiger charge is -2.32. The van der Waals surface area contributed by atoms with E-state index in [-0.39, 0.29) is 11.9 Å². The Kier molecular flexibility index (Phi) is 5.94. The van der Waals surface area contributed by atoms with E-state index in [1.165, 1.54) is 0 Å². The van der Waals surface area contributed by atoms with E-state index in [4.69, 9.17) is 0 Å². The minimum Gasteiger partial charge on any atom is -0.343 e. The maximum atomic E-state index is 12.4. The van der Waals surface area contributed by atoms with Crippen LogP contribution in [0.5, 0.6) is 0 Å². The van der Waals surface area contributed by atoms with Crippen molar-refractivity contribution in [2.75, 3.05) is 32.7 Å². The highest BCUT2D eigenvalue weighted by Crippen LogP contribution is 2.20. The second-order valence-corrected chi connectivity index (χ2v) is 7.18. The molecule has 0 spiro atoms. The van der Waals surface area contributed by atoms with Crippen LogP contribution in [-0.2, 0) is 18.3 Å². The Labute approximate surface area is 149 Å². The molecule has 2 fully saturated rings. The van der Waals surface area contributed by atoms with E-state index in [2.05, 4.69) is 14.9 Å². The average Bonchev–Trinajstić information content (AvgIpc) is 3.20.